The van der Waals surface area contributed by atoms with E-state index in [-0.39, 0.29) is 0 Å². The summed E-state index contributed by atoms with van der Waals surface area (Å²) in [6, 6.07) is 9.21. The number of anilines is 1. The first-order chi connectivity index (χ1) is 11.6. The molecule has 1 N–H and O–H groups in total. The normalized spacial score (nSPS) is 28.8. The lowest BCUT2D eigenvalue weighted by Gasteiger charge is -2.38. The summed E-state index contributed by atoms with van der Waals surface area (Å²) < 4.78 is 6.61. The molecule has 0 amide bonds. The van der Waals surface area contributed by atoms with E-state index in [9.17, 15) is 0 Å². The Kier molecular flexibility index (Phi) is 6.08. The van der Waals surface area contributed by atoms with Crippen molar-refractivity contribution in [1.82, 2.24) is 0 Å². The van der Waals surface area contributed by atoms with Crippen molar-refractivity contribution in [3.8, 4) is 5.75 Å². The maximum absolute atomic E-state index is 6.61. The standard InChI is InChI=1S/C22H35NO/c1-16(2)19-14-13-17(3)15-22(19)24-21-12-8-7-11-20(21)23-18-9-5-4-6-10-18/h7-8,11-12,16-19,22-23H,4-6,9-10,13-15H2,1-3H3/t17-,19+,22-/m1/s1. The van der Waals surface area contributed by atoms with Gasteiger partial charge in [-0.1, -0.05) is 58.6 Å². The number of benzene rings is 1. The maximum atomic E-state index is 6.61. The molecule has 0 aliphatic heterocycles. The molecule has 0 heterocycles. The fourth-order valence-electron chi connectivity index (χ4n) is 4.57. The molecule has 3 rings (SSSR count). The molecule has 3 atom stereocenters. The first kappa shape index (κ1) is 17.6. The van der Waals surface area contributed by atoms with Gasteiger partial charge in [-0.15, -0.1) is 0 Å². The molecule has 2 heteroatoms. The molecule has 2 nitrogen and oxygen atoms in total. The van der Waals surface area contributed by atoms with Crippen LogP contribution in [0, 0.1) is 17.8 Å². The summed E-state index contributed by atoms with van der Waals surface area (Å²) in [5, 5.41) is 3.77. The topological polar surface area (TPSA) is 21.3 Å². The van der Waals surface area contributed by atoms with Crippen LogP contribution < -0.4 is 10.1 Å². The van der Waals surface area contributed by atoms with E-state index in [4.69, 9.17) is 4.74 Å². The second kappa shape index (κ2) is 8.27. The zero-order chi connectivity index (χ0) is 16.9. The zero-order valence-electron chi connectivity index (χ0n) is 15.8. The van der Waals surface area contributed by atoms with Crippen LogP contribution in [-0.2, 0) is 0 Å². The van der Waals surface area contributed by atoms with E-state index in [1.807, 2.05) is 0 Å². The van der Waals surface area contributed by atoms with Gasteiger partial charge >= 0.3 is 0 Å². The van der Waals surface area contributed by atoms with Gasteiger partial charge in [0.05, 0.1) is 5.69 Å². The Morgan fingerprint density at radius 1 is 1.00 bits per heavy atom. The molecule has 2 aliphatic rings. The van der Waals surface area contributed by atoms with Gasteiger partial charge in [-0.3, -0.25) is 0 Å². The maximum Gasteiger partial charge on any atom is 0.142 e. The van der Waals surface area contributed by atoms with Gasteiger partial charge < -0.3 is 10.1 Å². The fourth-order valence-corrected chi connectivity index (χ4v) is 4.57. The molecule has 2 fully saturated rings. The van der Waals surface area contributed by atoms with E-state index in [1.54, 1.807) is 0 Å². The second-order valence-electron chi connectivity index (χ2n) is 8.46. The first-order valence-electron chi connectivity index (χ1n) is 10.2. The Morgan fingerprint density at radius 3 is 2.50 bits per heavy atom. The van der Waals surface area contributed by atoms with Crippen molar-refractivity contribution in [3.63, 3.8) is 0 Å². The average Bonchev–Trinajstić information content (AvgIpc) is 2.57. The van der Waals surface area contributed by atoms with Crippen molar-refractivity contribution in [2.75, 3.05) is 5.32 Å². The molecular weight excluding hydrogens is 294 g/mol. The molecule has 0 bridgehead atoms. The molecular formula is C22H35NO. The molecule has 0 unspecified atom stereocenters. The highest BCUT2D eigenvalue weighted by Gasteiger charge is 2.32. The van der Waals surface area contributed by atoms with Crippen LogP contribution in [0.25, 0.3) is 0 Å². The molecule has 0 saturated heterocycles. The third-order valence-corrected chi connectivity index (χ3v) is 6.09. The summed E-state index contributed by atoms with van der Waals surface area (Å²) >= 11 is 0. The monoisotopic (exact) mass is 329 g/mol. The summed E-state index contributed by atoms with van der Waals surface area (Å²) in [5.41, 5.74) is 1.20. The van der Waals surface area contributed by atoms with Gasteiger partial charge in [0, 0.05) is 6.04 Å². The highest BCUT2D eigenvalue weighted by molar-refractivity contribution is 5.56. The highest BCUT2D eigenvalue weighted by atomic mass is 16.5. The van der Waals surface area contributed by atoms with Crippen LogP contribution >= 0.6 is 0 Å². The quantitative estimate of drug-likeness (QED) is 0.687. The van der Waals surface area contributed by atoms with Crippen LogP contribution in [0.1, 0.15) is 72.1 Å². The van der Waals surface area contributed by atoms with E-state index in [0.717, 1.165) is 11.7 Å². The van der Waals surface area contributed by atoms with E-state index in [0.29, 0.717) is 24.0 Å². The molecule has 0 aromatic heterocycles. The van der Waals surface area contributed by atoms with Gasteiger partial charge in [0.25, 0.3) is 0 Å². The molecule has 1 aromatic rings. The molecule has 2 aliphatic carbocycles. The van der Waals surface area contributed by atoms with E-state index >= 15 is 0 Å². The largest absolute Gasteiger partial charge is 0.488 e. The van der Waals surface area contributed by atoms with Crippen LogP contribution in [0.15, 0.2) is 24.3 Å². The van der Waals surface area contributed by atoms with Crippen LogP contribution in [0.5, 0.6) is 5.75 Å². The van der Waals surface area contributed by atoms with Crippen molar-refractivity contribution >= 4 is 5.69 Å². The van der Waals surface area contributed by atoms with Crippen molar-refractivity contribution < 1.29 is 4.74 Å². The predicted molar refractivity (Wildman–Crippen MR) is 103 cm³/mol. The Balaban J connectivity index is 1.71. The summed E-state index contributed by atoms with van der Waals surface area (Å²) in [4.78, 5) is 0. The number of ether oxygens (including phenoxy) is 1. The Hall–Kier alpha value is -1.18. The lowest BCUT2D eigenvalue weighted by molar-refractivity contribution is 0.0465. The third-order valence-electron chi connectivity index (χ3n) is 6.09. The smallest absolute Gasteiger partial charge is 0.142 e. The Labute approximate surface area is 148 Å². The molecule has 1 aromatic carbocycles. The van der Waals surface area contributed by atoms with Crippen molar-refractivity contribution in [3.05, 3.63) is 24.3 Å². The number of rotatable bonds is 5. The molecule has 0 spiro atoms. The molecule has 2 saturated carbocycles. The summed E-state index contributed by atoms with van der Waals surface area (Å²) in [6.45, 7) is 7.07. The second-order valence-corrected chi connectivity index (χ2v) is 8.46. The van der Waals surface area contributed by atoms with E-state index in [2.05, 4.69) is 50.4 Å². The zero-order valence-corrected chi connectivity index (χ0v) is 15.8. The van der Waals surface area contributed by atoms with Gasteiger partial charge in [-0.2, -0.15) is 0 Å². The minimum atomic E-state index is 0.364. The van der Waals surface area contributed by atoms with Gasteiger partial charge in [-0.25, -0.2) is 0 Å². The van der Waals surface area contributed by atoms with E-state index in [1.165, 1.54) is 57.1 Å². The van der Waals surface area contributed by atoms with Crippen molar-refractivity contribution in [1.29, 1.82) is 0 Å². The molecule has 0 radical (unpaired) electrons. The molecule has 24 heavy (non-hydrogen) atoms. The predicted octanol–water partition coefficient (Wildman–Crippen LogP) is 6.27. The van der Waals surface area contributed by atoms with Gasteiger partial charge in [0.2, 0.25) is 0 Å². The van der Waals surface area contributed by atoms with Crippen LogP contribution in [0.4, 0.5) is 5.69 Å². The Morgan fingerprint density at radius 2 is 1.75 bits per heavy atom. The van der Waals surface area contributed by atoms with Crippen LogP contribution in [0.3, 0.4) is 0 Å². The van der Waals surface area contributed by atoms with E-state index < -0.39 is 0 Å². The number of para-hydroxylation sites is 2. The Bertz CT molecular complexity index is 506. The highest BCUT2D eigenvalue weighted by Crippen LogP contribution is 2.38. The average molecular weight is 330 g/mol. The minimum Gasteiger partial charge on any atom is -0.488 e. The SMILES string of the molecule is CC(C)[C@@H]1CC[C@@H](C)C[C@H]1Oc1ccccc1NC1CCCCC1. The third kappa shape index (κ3) is 4.46. The van der Waals surface area contributed by atoms with Gasteiger partial charge in [-0.05, 0) is 55.6 Å². The first-order valence-corrected chi connectivity index (χ1v) is 10.2. The lowest BCUT2D eigenvalue weighted by Crippen LogP contribution is -2.36. The number of hydrogen-bond donors (Lipinski definition) is 1. The lowest BCUT2D eigenvalue weighted by atomic mass is 9.75. The van der Waals surface area contributed by atoms with Crippen LogP contribution in [-0.4, -0.2) is 12.1 Å². The summed E-state index contributed by atoms with van der Waals surface area (Å²) in [6.07, 6.45) is 10.9. The molecule has 134 valence electrons. The van der Waals surface area contributed by atoms with Gasteiger partial charge in [0.15, 0.2) is 0 Å². The van der Waals surface area contributed by atoms with Crippen molar-refractivity contribution in [2.45, 2.75) is 84.3 Å². The number of hydrogen-bond acceptors (Lipinski definition) is 2. The number of nitrogens with one attached hydrogen (secondary N) is 1. The van der Waals surface area contributed by atoms with Crippen LogP contribution in [0.2, 0.25) is 0 Å². The van der Waals surface area contributed by atoms with Crippen molar-refractivity contribution in [2.24, 2.45) is 17.8 Å². The summed E-state index contributed by atoms with van der Waals surface area (Å²) in [5.74, 6) is 3.22. The summed E-state index contributed by atoms with van der Waals surface area (Å²) in [7, 11) is 0. The minimum absolute atomic E-state index is 0.364. The fraction of sp³-hybridized carbons (Fsp3) is 0.727. The van der Waals surface area contributed by atoms with Gasteiger partial charge in [0.1, 0.15) is 11.9 Å².